The number of nitro benzene ring substituents is 1. The first kappa shape index (κ1) is 14.5. The van der Waals surface area contributed by atoms with Crippen molar-refractivity contribution < 1.29 is 13.3 Å². The number of nitrogens with one attached hydrogen (secondary N) is 1. The van der Waals surface area contributed by atoms with E-state index in [-0.39, 0.29) is 5.69 Å². The van der Waals surface area contributed by atoms with Crippen LogP contribution in [-0.2, 0) is 17.1 Å². The molecule has 2 aromatic rings. The zero-order valence-corrected chi connectivity index (χ0v) is 12.6. The number of anilines is 1. The van der Waals surface area contributed by atoms with Gasteiger partial charge < -0.3 is 0 Å². The predicted molar refractivity (Wildman–Crippen MR) is 74.8 cm³/mol. The number of hydrogen-bond acceptors (Lipinski definition) is 5. The van der Waals surface area contributed by atoms with Crippen molar-refractivity contribution in [1.29, 1.82) is 0 Å². The number of halogens is 1. The van der Waals surface area contributed by atoms with Crippen molar-refractivity contribution in [2.24, 2.45) is 7.05 Å². The lowest BCUT2D eigenvalue weighted by molar-refractivity contribution is -0.387. The molecule has 0 atom stereocenters. The fourth-order valence-electron chi connectivity index (χ4n) is 1.54. The second kappa shape index (κ2) is 5.21. The second-order valence-electron chi connectivity index (χ2n) is 3.88. The first-order valence-electron chi connectivity index (χ1n) is 5.25. The van der Waals surface area contributed by atoms with Crippen LogP contribution in [0.5, 0.6) is 0 Å². The summed E-state index contributed by atoms with van der Waals surface area (Å²) in [5.74, 6) is 0. The van der Waals surface area contributed by atoms with Crippen molar-refractivity contribution in [2.45, 2.75) is 4.90 Å². The third-order valence-electron chi connectivity index (χ3n) is 2.37. The lowest BCUT2D eigenvalue weighted by Gasteiger charge is -2.06. The molecule has 0 amide bonds. The van der Waals surface area contributed by atoms with Gasteiger partial charge in [-0.25, -0.2) is 8.42 Å². The van der Waals surface area contributed by atoms with Crippen LogP contribution in [0.3, 0.4) is 0 Å². The van der Waals surface area contributed by atoms with Crippen LogP contribution in [0.25, 0.3) is 0 Å². The molecule has 1 aromatic carbocycles. The Kier molecular flexibility index (Phi) is 3.77. The Bertz CT molecular complexity index is 771. The summed E-state index contributed by atoms with van der Waals surface area (Å²) in [6.07, 6.45) is 2.75. The summed E-state index contributed by atoms with van der Waals surface area (Å²) in [5, 5.41) is 14.7. The van der Waals surface area contributed by atoms with Gasteiger partial charge >= 0.3 is 0 Å². The molecule has 0 saturated heterocycles. The summed E-state index contributed by atoms with van der Waals surface area (Å²) in [4.78, 5) is 9.76. The van der Waals surface area contributed by atoms with E-state index in [1.807, 2.05) is 0 Å². The molecule has 0 radical (unpaired) electrons. The van der Waals surface area contributed by atoms with E-state index in [0.717, 1.165) is 6.07 Å². The summed E-state index contributed by atoms with van der Waals surface area (Å²) < 4.78 is 28.5. The average molecular weight is 361 g/mol. The Morgan fingerprint density at radius 3 is 2.70 bits per heavy atom. The Balaban J connectivity index is 2.48. The van der Waals surface area contributed by atoms with E-state index in [1.165, 1.54) is 29.2 Å². The van der Waals surface area contributed by atoms with E-state index in [2.05, 4.69) is 25.8 Å². The monoisotopic (exact) mass is 360 g/mol. The maximum Gasteiger partial charge on any atom is 0.289 e. The molecule has 20 heavy (non-hydrogen) atoms. The SMILES string of the molecule is Cn1cc(NS(=O)(=O)c2cc(Br)ccc2[N+](=O)[O-])cn1. The minimum atomic E-state index is -4.07. The molecular formula is C10H9BrN4O4S. The van der Waals surface area contributed by atoms with Crippen molar-refractivity contribution >= 4 is 37.3 Å². The van der Waals surface area contributed by atoms with E-state index in [0.29, 0.717) is 4.47 Å². The molecule has 106 valence electrons. The van der Waals surface area contributed by atoms with Gasteiger partial charge in [0.2, 0.25) is 0 Å². The van der Waals surface area contributed by atoms with Crippen molar-refractivity contribution in [3.8, 4) is 0 Å². The van der Waals surface area contributed by atoms with Gasteiger partial charge in [-0.2, -0.15) is 5.10 Å². The van der Waals surface area contributed by atoms with Crippen LogP contribution >= 0.6 is 15.9 Å². The minimum absolute atomic E-state index is 0.224. The first-order chi connectivity index (χ1) is 9.29. The van der Waals surface area contributed by atoms with Gasteiger partial charge in [-0.1, -0.05) is 15.9 Å². The molecule has 1 heterocycles. The Morgan fingerprint density at radius 2 is 2.15 bits per heavy atom. The Labute approximate surface area is 122 Å². The standard InChI is InChI=1S/C10H9BrN4O4S/c1-14-6-8(5-12-14)13-20(18,19)10-4-7(11)2-3-9(10)15(16)17/h2-6,13H,1H3. The third kappa shape index (κ3) is 2.96. The molecule has 0 fully saturated rings. The number of aryl methyl sites for hydroxylation is 1. The largest absolute Gasteiger partial charge is 0.289 e. The lowest BCUT2D eigenvalue weighted by Crippen LogP contribution is -2.14. The summed E-state index contributed by atoms with van der Waals surface area (Å²) in [6, 6.07) is 3.71. The van der Waals surface area contributed by atoms with Crippen molar-refractivity contribution in [3.63, 3.8) is 0 Å². The van der Waals surface area contributed by atoms with E-state index in [4.69, 9.17) is 0 Å². The maximum absolute atomic E-state index is 12.2. The molecule has 10 heteroatoms. The molecule has 2 rings (SSSR count). The van der Waals surface area contributed by atoms with Gasteiger partial charge in [-0.05, 0) is 12.1 Å². The number of nitro groups is 1. The fraction of sp³-hybridized carbons (Fsp3) is 0.100. The van der Waals surface area contributed by atoms with Crippen LogP contribution in [0.2, 0.25) is 0 Å². The quantitative estimate of drug-likeness (QED) is 0.661. The highest BCUT2D eigenvalue weighted by atomic mass is 79.9. The second-order valence-corrected chi connectivity index (χ2v) is 6.44. The third-order valence-corrected chi connectivity index (χ3v) is 4.27. The van der Waals surface area contributed by atoms with E-state index < -0.39 is 25.5 Å². The molecule has 0 bridgehead atoms. The molecule has 1 N–H and O–H groups in total. The van der Waals surface area contributed by atoms with E-state index >= 15 is 0 Å². The number of benzene rings is 1. The van der Waals surface area contributed by atoms with Crippen LogP contribution in [0.1, 0.15) is 0 Å². The molecular weight excluding hydrogens is 352 g/mol. The molecule has 0 aliphatic rings. The highest BCUT2D eigenvalue weighted by molar-refractivity contribution is 9.10. The van der Waals surface area contributed by atoms with Gasteiger partial charge in [0.05, 0.1) is 16.8 Å². The number of rotatable bonds is 4. The highest BCUT2D eigenvalue weighted by Crippen LogP contribution is 2.28. The Hall–Kier alpha value is -1.94. The molecule has 0 spiro atoms. The Morgan fingerprint density at radius 1 is 1.45 bits per heavy atom. The molecule has 8 nitrogen and oxygen atoms in total. The molecule has 0 saturated carbocycles. The lowest BCUT2D eigenvalue weighted by atomic mass is 10.3. The van der Waals surface area contributed by atoms with Crippen LogP contribution in [0.15, 0.2) is 40.0 Å². The van der Waals surface area contributed by atoms with Crippen LogP contribution < -0.4 is 4.72 Å². The normalized spacial score (nSPS) is 11.3. The zero-order valence-electron chi connectivity index (χ0n) is 10.1. The fourth-order valence-corrected chi connectivity index (χ4v) is 3.28. The zero-order chi connectivity index (χ0) is 14.9. The van der Waals surface area contributed by atoms with Gasteiger partial charge in [0.1, 0.15) is 0 Å². The number of hydrogen-bond donors (Lipinski definition) is 1. The van der Waals surface area contributed by atoms with E-state index in [1.54, 1.807) is 7.05 Å². The molecule has 0 aliphatic carbocycles. The first-order valence-corrected chi connectivity index (χ1v) is 7.52. The van der Waals surface area contributed by atoms with Gasteiger partial charge in [0.15, 0.2) is 4.90 Å². The summed E-state index contributed by atoms with van der Waals surface area (Å²) >= 11 is 3.10. The smallest absolute Gasteiger partial charge is 0.276 e. The number of nitrogens with zero attached hydrogens (tertiary/aromatic N) is 3. The van der Waals surface area contributed by atoms with Crippen LogP contribution in [0.4, 0.5) is 11.4 Å². The van der Waals surface area contributed by atoms with Gasteiger partial charge in [0.25, 0.3) is 15.7 Å². The summed E-state index contributed by atoms with van der Waals surface area (Å²) in [7, 11) is -2.45. The molecule has 0 unspecified atom stereocenters. The molecule has 1 aromatic heterocycles. The topological polar surface area (TPSA) is 107 Å². The average Bonchev–Trinajstić information content (AvgIpc) is 2.73. The maximum atomic E-state index is 12.2. The van der Waals surface area contributed by atoms with E-state index in [9.17, 15) is 18.5 Å². The van der Waals surface area contributed by atoms with Crippen LogP contribution in [-0.4, -0.2) is 23.1 Å². The van der Waals surface area contributed by atoms with Crippen molar-refractivity contribution in [2.75, 3.05) is 4.72 Å². The highest BCUT2D eigenvalue weighted by Gasteiger charge is 2.26. The summed E-state index contributed by atoms with van der Waals surface area (Å²) in [6.45, 7) is 0. The number of sulfonamides is 1. The van der Waals surface area contributed by atoms with Gasteiger partial charge in [0, 0.05) is 23.8 Å². The molecule has 0 aliphatic heterocycles. The van der Waals surface area contributed by atoms with Gasteiger partial charge in [-0.3, -0.25) is 19.5 Å². The van der Waals surface area contributed by atoms with Crippen LogP contribution in [0, 0.1) is 10.1 Å². The van der Waals surface area contributed by atoms with Crippen molar-refractivity contribution in [3.05, 3.63) is 45.2 Å². The predicted octanol–water partition coefficient (Wildman–Crippen LogP) is 1.89. The minimum Gasteiger partial charge on any atom is -0.276 e. The van der Waals surface area contributed by atoms with Gasteiger partial charge in [-0.15, -0.1) is 0 Å². The van der Waals surface area contributed by atoms with Crippen molar-refractivity contribution in [1.82, 2.24) is 9.78 Å². The number of aromatic nitrogens is 2. The summed E-state index contributed by atoms with van der Waals surface area (Å²) in [5.41, 5.74) is -0.272.